The van der Waals surface area contributed by atoms with Gasteiger partial charge in [0, 0.05) is 6.54 Å². The van der Waals surface area contributed by atoms with Gasteiger partial charge in [-0.1, -0.05) is 12.1 Å². The Hall–Kier alpha value is -2.04. The van der Waals surface area contributed by atoms with Crippen molar-refractivity contribution in [2.45, 2.75) is 38.8 Å². The van der Waals surface area contributed by atoms with Crippen LogP contribution < -0.4 is 10.1 Å². The van der Waals surface area contributed by atoms with E-state index in [9.17, 15) is 4.79 Å². The Morgan fingerprint density at radius 1 is 1.33 bits per heavy atom. The predicted octanol–water partition coefficient (Wildman–Crippen LogP) is 2.93. The fraction of sp³-hybridized carbons (Fsp3) is 0.500. The third-order valence-electron chi connectivity index (χ3n) is 3.81. The van der Waals surface area contributed by atoms with Crippen LogP contribution in [-0.4, -0.2) is 29.4 Å². The number of hydrogen-bond acceptors (Lipinski definition) is 3. The Balaban J connectivity index is 1.79. The summed E-state index contributed by atoms with van der Waals surface area (Å²) in [5, 5.41) is 10.7. The SMILES string of the molecule is CC(C)Oc1ccc(C2C(=N)NC(=O)N2CC2CC2)cc1. The summed E-state index contributed by atoms with van der Waals surface area (Å²) in [6, 6.07) is 7.25. The van der Waals surface area contributed by atoms with Crippen LogP contribution in [0.2, 0.25) is 0 Å². The van der Waals surface area contributed by atoms with E-state index in [0.717, 1.165) is 17.9 Å². The molecule has 2 aliphatic rings. The summed E-state index contributed by atoms with van der Waals surface area (Å²) in [5.74, 6) is 1.68. The number of urea groups is 1. The molecule has 5 nitrogen and oxygen atoms in total. The topological polar surface area (TPSA) is 65.4 Å². The van der Waals surface area contributed by atoms with E-state index in [-0.39, 0.29) is 24.0 Å². The highest BCUT2D eigenvalue weighted by atomic mass is 16.5. The van der Waals surface area contributed by atoms with Gasteiger partial charge in [0.15, 0.2) is 0 Å². The van der Waals surface area contributed by atoms with Gasteiger partial charge in [0.2, 0.25) is 0 Å². The lowest BCUT2D eigenvalue weighted by molar-refractivity contribution is 0.203. The van der Waals surface area contributed by atoms with Crippen molar-refractivity contribution in [1.29, 1.82) is 5.41 Å². The van der Waals surface area contributed by atoms with Crippen LogP contribution in [0.25, 0.3) is 0 Å². The molecule has 1 saturated carbocycles. The molecule has 5 heteroatoms. The molecule has 0 spiro atoms. The molecule has 1 aromatic carbocycles. The molecule has 21 heavy (non-hydrogen) atoms. The number of rotatable bonds is 5. The molecule has 1 aliphatic carbocycles. The second-order valence-electron chi connectivity index (χ2n) is 6.08. The summed E-state index contributed by atoms with van der Waals surface area (Å²) < 4.78 is 5.63. The fourth-order valence-corrected chi connectivity index (χ4v) is 2.64. The standard InChI is InChI=1S/C16H21N3O2/c1-10(2)21-13-7-5-12(6-8-13)14-15(17)18-16(20)19(14)9-11-3-4-11/h5-8,10-11,14H,3-4,9H2,1-2H3,(H2,17,18,20). The number of carbonyl (C=O) groups excluding carboxylic acids is 1. The summed E-state index contributed by atoms with van der Waals surface area (Å²) in [6.07, 6.45) is 2.51. The summed E-state index contributed by atoms with van der Waals surface area (Å²) in [4.78, 5) is 13.8. The van der Waals surface area contributed by atoms with Crippen LogP contribution in [0.5, 0.6) is 5.75 Å². The lowest BCUT2D eigenvalue weighted by Crippen LogP contribution is -2.31. The minimum atomic E-state index is -0.286. The number of ether oxygens (including phenoxy) is 1. The zero-order valence-corrected chi connectivity index (χ0v) is 12.4. The van der Waals surface area contributed by atoms with Crippen LogP contribution in [0.15, 0.2) is 24.3 Å². The highest BCUT2D eigenvalue weighted by molar-refractivity contribution is 6.06. The lowest BCUT2D eigenvalue weighted by Gasteiger charge is -2.23. The maximum Gasteiger partial charge on any atom is 0.323 e. The zero-order valence-electron chi connectivity index (χ0n) is 12.4. The molecule has 1 heterocycles. The van der Waals surface area contributed by atoms with Gasteiger partial charge in [-0.3, -0.25) is 10.7 Å². The van der Waals surface area contributed by atoms with E-state index in [2.05, 4.69) is 5.32 Å². The third-order valence-corrected chi connectivity index (χ3v) is 3.81. The Bertz CT molecular complexity index is 549. The minimum Gasteiger partial charge on any atom is -0.491 e. The summed E-state index contributed by atoms with van der Waals surface area (Å²) in [7, 11) is 0. The monoisotopic (exact) mass is 287 g/mol. The van der Waals surface area contributed by atoms with E-state index in [1.54, 1.807) is 4.90 Å². The van der Waals surface area contributed by atoms with Gasteiger partial charge in [0.25, 0.3) is 0 Å². The summed E-state index contributed by atoms with van der Waals surface area (Å²) >= 11 is 0. The second kappa shape index (κ2) is 5.39. The van der Waals surface area contributed by atoms with Gasteiger partial charge in [-0.2, -0.15) is 0 Å². The molecule has 2 amide bonds. The largest absolute Gasteiger partial charge is 0.491 e. The Morgan fingerprint density at radius 3 is 2.57 bits per heavy atom. The first-order valence-electron chi connectivity index (χ1n) is 7.47. The van der Waals surface area contributed by atoms with E-state index in [0.29, 0.717) is 5.92 Å². The molecule has 1 unspecified atom stereocenters. The number of nitrogens with zero attached hydrogens (tertiary/aromatic N) is 1. The predicted molar refractivity (Wildman–Crippen MR) is 80.6 cm³/mol. The quantitative estimate of drug-likeness (QED) is 0.874. The molecule has 2 N–H and O–H groups in total. The molecule has 0 bridgehead atoms. The van der Waals surface area contributed by atoms with Crippen molar-refractivity contribution in [3.05, 3.63) is 29.8 Å². The van der Waals surface area contributed by atoms with Crippen molar-refractivity contribution in [3.63, 3.8) is 0 Å². The van der Waals surface area contributed by atoms with Gasteiger partial charge in [-0.15, -0.1) is 0 Å². The van der Waals surface area contributed by atoms with Gasteiger partial charge < -0.3 is 9.64 Å². The molecule has 3 rings (SSSR count). The average Bonchev–Trinajstić information content (AvgIpc) is 3.18. The normalized spacial score (nSPS) is 21.9. The number of benzene rings is 1. The van der Waals surface area contributed by atoms with Crippen molar-refractivity contribution in [1.82, 2.24) is 10.2 Å². The van der Waals surface area contributed by atoms with Crippen molar-refractivity contribution in [3.8, 4) is 5.75 Å². The average molecular weight is 287 g/mol. The molecule has 1 atom stereocenters. The molecular formula is C16H21N3O2. The van der Waals surface area contributed by atoms with Crippen LogP contribution in [0.4, 0.5) is 4.79 Å². The molecule has 112 valence electrons. The van der Waals surface area contributed by atoms with Gasteiger partial charge in [0.1, 0.15) is 17.6 Å². The van der Waals surface area contributed by atoms with Crippen LogP contribution in [0, 0.1) is 11.3 Å². The van der Waals surface area contributed by atoms with Crippen molar-refractivity contribution in [2.24, 2.45) is 5.92 Å². The van der Waals surface area contributed by atoms with E-state index in [1.165, 1.54) is 12.8 Å². The number of amides is 2. The van der Waals surface area contributed by atoms with E-state index in [4.69, 9.17) is 10.1 Å². The van der Waals surface area contributed by atoms with Crippen molar-refractivity contribution < 1.29 is 9.53 Å². The van der Waals surface area contributed by atoms with E-state index >= 15 is 0 Å². The first-order chi connectivity index (χ1) is 10.0. The maximum atomic E-state index is 12.0. The number of amidine groups is 1. The van der Waals surface area contributed by atoms with E-state index < -0.39 is 0 Å². The Kier molecular flexibility index (Phi) is 3.57. The van der Waals surface area contributed by atoms with Gasteiger partial charge >= 0.3 is 6.03 Å². The smallest absolute Gasteiger partial charge is 0.323 e. The highest BCUT2D eigenvalue weighted by Crippen LogP contribution is 2.35. The third kappa shape index (κ3) is 3.01. The lowest BCUT2D eigenvalue weighted by atomic mass is 10.1. The zero-order chi connectivity index (χ0) is 15.0. The van der Waals surface area contributed by atoms with Gasteiger partial charge in [-0.05, 0) is 50.3 Å². The molecule has 1 aliphatic heterocycles. The van der Waals surface area contributed by atoms with Crippen LogP contribution in [-0.2, 0) is 0 Å². The molecule has 0 aromatic heterocycles. The van der Waals surface area contributed by atoms with Crippen molar-refractivity contribution >= 4 is 11.9 Å². The summed E-state index contributed by atoms with van der Waals surface area (Å²) in [6.45, 7) is 4.71. The maximum absolute atomic E-state index is 12.0. The molecule has 0 radical (unpaired) electrons. The van der Waals surface area contributed by atoms with Crippen LogP contribution >= 0.6 is 0 Å². The first-order valence-corrected chi connectivity index (χ1v) is 7.47. The molecule has 1 saturated heterocycles. The molecule has 1 aromatic rings. The number of carbonyl (C=O) groups is 1. The first kappa shape index (κ1) is 13.9. The van der Waals surface area contributed by atoms with Crippen molar-refractivity contribution in [2.75, 3.05) is 6.54 Å². The van der Waals surface area contributed by atoms with Crippen LogP contribution in [0.3, 0.4) is 0 Å². The van der Waals surface area contributed by atoms with Crippen LogP contribution in [0.1, 0.15) is 38.3 Å². The van der Waals surface area contributed by atoms with Gasteiger partial charge in [0.05, 0.1) is 6.10 Å². The summed E-state index contributed by atoms with van der Waals surface area (Å²) in [5.41, 5.74) is 0.954. The minimum absolute atomic E-state index is 0.134. The number of nitrogens with one attached hydrogen (secondary N) is 2. The van der Waals surface area contributed by atoms with Gasteiger partial charge in [-0.25, -0.2) is 4.79 Å². The van der Waals surface area contributed by atoms with E-state index in [1.807, 2.05) is 38.1 Å². The number of hydrogen-bond donors (Lipinski definition) is 2. The Morgan fingerprint density at radius 2 is 2.00 bits per heavy atom. The molecular weight excluding hydrogens is 266 g/mol. The Labute approximate surface area is 124 Å². The molecule has 2 fully saturated rings. The highest BCUT2D eigenvalue weighted by Gasteiger charge is 2.39. The second-order valence-corrected chi connectivity index (χ2v) is 6.08. The fourth-order valence-electron chi connectivity index (χ4n) is 2.64.